The number of nitrogens with one attached hydrogen (secondary N) is 1. The Bertz CT molecular complexity index is 1010. The van der Waals surface area contributed by atoms with Crippen molar-refractivity contribution in [2.24, 2.45) is 0 Å². The summed E-state index contributed by atoms with van der Waals surface area (Å²) in [5.74, 6) is 0.488. The number of rotatable bonds is 4. The number of carbonyl (C=O) groups excluding carboxylic acids is 1. The van der Waals surface area contributed by atoms with Gasteiger partial charge in [-0.1, -0.05) is 12.1 Å². The van der Waals surface area contributed by atoms with Gasteiger partial charge in [0.25, 0.3) is 0 Å². The van der Waals surface area contributed by atoms with E-state index in [1.165, 1.54) is 18.6 Å². The third-order valence-corrected chi connectivity index (χ3v) is 4.43. The minimum absolute atomic E-state index is 0.319. The van der Waals surface area contributed by atoms with Crippen LogP contribution in [0.25, 0.3) is 11.1 Å². The number of aromatic nitrogens is 3. The van der Waals surface area contributed by atoms with E-state index in [1.54, 1.807) is 29.3 Å². The summed E-state index contributed by atoms with van der Waals surface area (Å²) < 4.78 is 39.1. The molecule has 0 amide bonds. The number of halogens is 3. The zero-order valence-corrected chi connectivity index (χ0v) is 14.4. The van der Waals surface area contributed by atoms with Gasteiger partial charge in [0.2, 0.25) is 0 Å². The van der Waals surface area contributed by atoms with Gasteiger partial charge in [-0.2, -0.15) is 13.2 Å². The molecule has 28 heavy (non-hydrogen) atoms. The number of carbonyl (C=O) groups is 1. The van der Waals surface area contributed by atoms with Gasteiger partial charge in [-0.15, -0.1) is 0 Å². The molecule has 3 aromatic rings. The van der Waals surface area contributed by atoms with E-state index in [-0.39, 0.29) is 0 Å². The van der Waals surface area contributed by atoms with Crippen molar-refractivity contribution in [3.63, 3.8) is 0 Å². The number of nitrogens with zero attached hydrogens (tertiary/aromatic N) is 4. The van der Waals surface area contributed by atoms with Crippen LogP contribution >= 0.6 is 0 Å². The average molecular weight is 385 g/mol. The minimum Gasteiger partial charge on any atom is -0.342 e. The number of hydrogen-bond acceptors (Lipinski definition) is 6. The molecule has 142 valence electrons. The van der Waals surface area contributed by atoms with Crippen LogP contribution in [0.5, 0.6) is 0 Å². The first-order valence-corrected chi connectivity index (χ1v) is 8.37. The second-order valence-electron chi connectivity index (χ2n) is 6.22. The van der Waals surface area contributed by atoms with E-state index in [4.69, 9.17) is 0 Å². The second-order valence-corrected chi connectivity index (χ2v) is 6.22. The predicted molar refractivity (Wildman–Crippen MR) is 96.4 cm³/mol. The van der Waals surface area contributed by atoms with Crippen LogP contribution in [-0.2, 0) is 17.5 Å². The monoisotopic (exact) mass is 385 g/mol. The lowest BCUT2D eigenvalue weighted by Crippen LogP contribution is -2.36. The van der Waals surface area contributed by atoms with Crippen LogP contribution < -0.4 is 10.2 Å². The summed E-state index contributed by atoms with van der Waals surface area (Å²) in [6.07, 6.45) is 0.162. The molecule has 0 saturated heterocycles. The molecule has 2 aromatic heterocycles. The molecule has 0 aliphatic carbocycles. The maximum absolute atomic E-state index is 13.0. The highest BCUT2D eigenvalue weighted by Crippen LogP contribution is 2.37. The maximum Gasteiger partial charge on any atom is 0.416 e. The van der Waals surface area contributed by atoms with Crippen LogP contribution in [0.4, 0.5) is 24.7 Å². The lowest BCUT2D eigenvalue weighted by atomic mass is 10.0. The van der Waals surface area contributed by atoms with E-state index >= 15 is 0 Å². The number of benzene rings is 1. The van der Waals surface area contributed by atoms with Crippen molar-refractivity contribution >= 4 is 17.8 Å². The van der Waals surface area contributed by atoms with E-state index in [0.29, 0.717) is 34.9 Å². The Morgan fingerprint density at radius 3 is 2.71 bits per heavy atom. The molecule has 1 atom stereocenters. The van der Waals surface area contributed by atoms with Crippen LogP contribution in [-0.4, -0.2) is 27.4 Å². The number of hydrogen-bond donors (Lipinski definition) is 1. The Morgan fingerprint density at radius 1 is 1.14 bits per heavy atom. The van der Waals surface area contributed by atoms with E-state index in [1.807, 2.05) is 0 Å². The van der Waals surface area contributed by atoms with Crippen LogP contribution in [0.3, 0.4) is 0 Å². The van der Waals surface area contributed by atoms with Crippen molar-refractivity contribution < 1.29 is 18.0 Å². The van der Waals surface area contributed by atoms with Crippen molar-refractivity contribution in [3.8, 4) is 11.1 Å². The van der Waals surface area contributed by atoms with Crippen molar-refractivity contribution in [3.05, 3.63) is 66.4 Å². The molecule has 6 nitrogen and oxygen atoms in total. The molecule has 1 aliphatic heterocycles. The Kier molecular flexibility index (Phi) is 4.42. The van der Waals surface area contributed by atoms with E-state index in [0.717, 1.165) is 18.4 Å². The number of pyridine rings is 1. The first kappa shape index (κ1) is 17.9. The smallest absolute Gasteiger partial charge is 0.342 e. The molecule has 1 aliphatic rings. The molecule has 1 unspecified atom stereocenters. The first-order chi connectivity index (χ1) is 13.5. The molecule has 0 radical (unpaired) electrons. The van der Waals surface area contributed by atoms with Gasteiger partial charge < -0.3 is 10.2 Å². The maximum atomic E-state index is 13.0. The zero-order chi connectivity index (χ0) is 19.7. The van der Waals surface area contributed by atoms with Crippen molar-refractivity contribution in [1.29, 1.82) is 0 Å². The number of aldehydes is 1. The summed E-state index contributed by atoms with van der Waals surface area (Å²) in [6.45, 7) is 0.319. The van der Waals surface area contributed by atoms with Crippen molar-refractivity contribution in [2.75, 3.05) is 10.2 Å². The van der Waals surface area contributed by atoms with Gasteiger partial charge in [0.15, 0.2) is 18.3 Å². The molecular formula is C19H14F3N5O. The molecule has 9 heteroatoms. The average Bonchev–Trinajstić information content (AvgIpc) is 3.05. The SMILES string of the molecule is O=CC1Nc2ncc(-c3cccc(C(F)(F)F)c3)cc2N1Cc1ccncn1. The second kappa shape index (κ2) is 6.91. The van der Waals surface area contributed by atoms with Gasteiger partial charge in [0.1, 0.15) is 6.33 Å². The summed E-state index contributed by atoms with van der Waals surface area (Å²) in [5.41, 5.74) is 1.49. The molecule has 1 aromatic carbocycles. The van der Waals surface area contributed by atoms with Crippen LogP contribution in [0.1, 0.15) is 11.3 Å². The highest BCUT2D eigenvalue weighted by molar-refractivity contribution is 5.85. The highest BCUT2D eigenvalue weighted by Gasteiger charge is 2.32. The molecule has 0 saturated carbocycles. The molecular weight excluding hydrogens is 371 g/mol. The van der Waals surface area contributed by atoms with Gasteiger partial charge in [0.05, 0.1) is 23.5 Å². The summed E-state index contributed by atoms with van der Waals surface area (Å²) in [5, 5.41) is 2.99. The fraction of sp³-hybridized carbons (Fsp3) is 0.158. The van der Waals surface area contributed by atoms with Crippen LogP contribution in [0.15, 0.2) is 55.1 Å². The Balaban J connectivity index is 1.72. The molecule has 0 fully saturated rings. The fourth-order valence-electron chi connectivity index (χ4n) is 3.06. The van der Waals surface area contributed by atoms with Crippen molar-refractivity contribution in [2.45, 2.75) is 18.9 Å². The summed E-state index contributed by atoms with van der Waals surface area (Å²) in [7, 11) is 0. The lowest BCUT2D eigenvalue weighted by Gasteiger charge is -2.22. The number of fused-ring (bicyclic) bond motifs is 1. The van der Waals surface area contributed by atoms with Gasteiger partial charge in [-0.3, -0.25) is 4.79 Å². The summed E-state index contributed by atoms with van der Waals surface area (Å²) in [4.78, 5) is 25.6. The molecule has 1 N–H and O–H groups in total. The van der Waals surface area contributed by atoms with Gasteiger partial charge in [0, 0.05) is 18.0 Å². The third kappa shape index (κ3) is 3.38. The van der Waals surface area contributed by atoms with Gasteiger partial charge in [-0.25, -0.2) is 15.0 Å². The first-order valence-electron chi connectivity index (χ1n) is 8.37. The molecule has 0 spiro atoms. The third-order valence-electron chi connectivity index (χ3n) is 4.43. The topological polar surface area (TPSA) is 71.0 Å². The van der Waals surface area contributed by atoms with E-state index < -0.39 is 17.9 Å². The van der Waals surface area contributed by atoms with E-state index in [2.05, 4.69) is 20.3 Å². The Labute approximate surface area is 158 Å². The quantitative estimate of drug-likeness (QED) is 0.693. The molecule has 4 rings (SSSR count). The molecule has 0 bridgehead atoms. The Morgan fingerprint density at radius 2 is 2.00 bits per heavy atom. The van der Waals surface area contributed by atoms with E-state index in [9.17, 15) is 18.0 Å². The fourth-order valence-corrected chi connectivity index (χ4v) is 3.06. The minimum atomic E-state index is -4.43. The Hall–Kier alpha value is -3.49. The number of alkyl halides is 3. The largest absolute Gasteiger partial charge is 0.416 e. The van der Waals surface area contributed by atoms with Crippen LogP contribution in [0, 0.1) is 0 Å². The summed E-state index contributed by atoms with van der Waals surface area (Å²) >= 11 is 0. The normalized spacial score (nSPS) is 15.8. The molecule has 3 heterocycles. The highest BCUT2D eigenvalue weighted by atomic mass is 19.4. The van der Waals surface area contributed by atoms with Gasteiger partial charge >= 0.3 is 6.18 Å². The number of anilines is 2. The van der Waals surface area contributed by atoms with Gasteiger partial charge in [-0.05, 0) is 29.8 Å². The zero-order valence-electron chi connectivity index (χ0n) is 14.4. The van der Waals surface area contributed by atoms with Crippen LogP contribution in [0.2, 0.25) is 0 Å². The summed E-state index contributed by atoms with van der Waals surface area (Å²) in [6, 6.07) is 8.50. The van der Waals surface area contributed by atoms with Crippen molar-refractivity contribution in [1.82, 2.24) is 15.0 Å². The standard InChI is InChI=1S/C19H14F3N5O/c20-19(21,22)14-3-1-2-12(6-14)13-7-16-18(24-8-13)26-17(10-28)27(16)9-15-4-5-23-11-25-15/h1-8,10-11,17H,9H2,(H,24,26). The lowest BCUT2D eigenvalue weighted by molar-refractivity contribution is -0.137. The predicted octanol–water partition coefficient (Wildman–Crippen LogP) is 3.51.